The van der Waals surface area contributed by atoms with Crippen molar-refractivity contribution in [1.82, 2.24) is 0 Å². The van der Waals surface area contributed by atoms with Gasteiger partial charge in [0.1, 0.15) is 23.0 Å². The zero-order chi connectivity index (χ0) is 21.1. The second kappa shape index (κ2) is 8.21. The lowest BCUT2D eigenvalue weighted by Crippen LogP contribution is -1.92. The summed E-state index contributed by atoms with van der Waals surface area (Å²) in [6.07, 6.45) is 0. The Bertz CT molecular complexity index is 1070. The monoisotopic (exact) mass is 396 g/mol. The summed E-state index contributed by atoms with van der Waals surface area (Å²) < 4.78 is 11.9. The molecule has 0 unspecified atom stereocenters. The molecule has 0 spiro atoms. The summed E-state index contributed by atoms with van der Waals surface area (Å²) in [5.74, 6) is 3.11. The fourth-order valence-electron chi connectivity index (χ4n) is 3.35. The molecule has 0 saturated heterocycles. The van der Waals surface area contributed by atoms with Crippen molar-refractivity contribution in [2.75, 3.05) is 11.5 Å². The number of anilines is 2. The number of aryl methyl sites for hydroxylation is 2. The van der Waals surface area contributed by atoms with Crippen molar-refractivity contribution in [3.8, 4) is 34.1 Å². The van der Waals surface area contributed by atoms with Crippen LogP contribution in [-0.2, 0) is 0 Å². The molecular formula is C26H24N2O2. The molecule has 4 aromatic rings. The van der Waals surface area contributed by atoms with E-state index in [1.54, 1.807) is 0 Å². The van der Waals surface area contributed by atoms with E-state index in [4.69, 9.17) is 20.9 Å². The molecular weight excluding hydrogens is 372 g/mol. The van der Waals surface area contributed by atoms with Gasteiger partial charge in [0, 0.05) is 11.4 Å². The Balaban J connectivity index is 1.54. The zero-order valence-corrected chi connectivity index (χ0v) is 17.1. The molecule has 0 aliphatic carbocycles. The minimum atomic E-state index is 0.716. The van der Waals surface area contributed by atoms with Crippen molar-refractivity contribution in [1.29, 1.82) is 0 Å². The van der Waals surface area contributed by atoms with Crippen molar-refractivity contribution in [3.05, 3.63) is 96.1 Å². The maximum absolute atomic E-state index is 5.94. The molecule has 0 fully saturated rings. The minimum Gasteiger partial charge on any atom is -0.457 e. The van der Waals surface area contributed by atoms with E-state index < -0.39 is 0 Å². The van der Waals surface area contributed by atoms with E-state index in [0.717, 1.165) is 45.3 Å². The lowest BCUT2D eigenvalue weighted by Gasteiger charge is -2.14. The Kier molecular flexibility index (Phi) is 5.31. The number of hydrogen-bond acceptors (Lipinski definition) is 4. The summed E-state index contributed by atoms with van der Waals surface area (Å²) in [6.45, 7) is 4.17. The molecule has 0 aliphatic heterocycles. The highest BCUT2D eigenvalue weighted by Crippen LogP contribution is 2.34. The molecule has 0 aliphatic rings. The van der Waals surface area contributed by atoms with Gasteiger partial charge >= 0.3 is 0 Å². The summed E-state index contributed by atoms with van der Waals surface area (Å²) in [5.41, 5.74) is 17.5. The lowest BCUT2D eigenvalue weighted by atomic mass is 9.96. The number of hydrogen-bond donors (Lipinski definition) is 2. The van der Waals surface area contributed by atoms with Crippen LogP contribution in [0.15, 0.2) is 84.9 Å². The van der Waals surface area contributed by atoms with E-state index in [1.165, 1.54) is 0 Å². The fourth-order valence-corrected chi connectivity index (χ4v) is 3.35. The lowest BCUT2D eigenvalue weighted by molar-refractivity contribution is 0.482. The van der Waals surface area contributed by atoms with Gasteiger partial charge in [-0.25, -0.2) is 0 Å². The Labute approximate surface area is 176 Å². The molecule has 30 heavy (non-hydrogen) atoms. The predicted octanol–water partition coefficient (Wildman–Crippen LogP) is 6.72. The molecule has 4 rings (SSSR count). The standard InChI is InChI=1S/C26H24N2O2/c1-17-15-23(29-21-7-3-19(27)4-8-21)11-13-25(17)26-14-12-24(16-18(26)2)30-22-9-5-20(28)6-10-22/h3-16H,27-28H2,1-2H3. The Morgan fingerprint density at radius 3 is 1.13 bits per heavy atom. The van der Waals surface area contributed by atoms with E-state index >= 15 is 0 Å². The molecule has 0 atom stereocenters. The number of benzene rings is 4. The number of nitrogens with two attached hydrogens (primary N) is 2. The van der Waals surface area contributed by atoms with E-state index in [1.807, 2.05) is 72.8 Å². The number of nitrogen functional groups attached to an aromatic ring is 2. The van der Waals surface area contributed by atoms with Crippen LogP contribution in [0.2, 0.25) is 0 Å². The zero-order valence-electron chi connectivity index (χ0n) is 17.1. The molecule has 4 nitrogen and oxygen atoms in total. The molecule has 0 heterocycles. The molecule has 150 valence electrons. The first kappa shape index (κ1) is 19.4. The third-order valence-corrected chi connectivity index (χ3v) is 4.92. The number of ether oxygens (including phenoxy) is 2. The molecule has 0 saturated carbocycles. The predicted molar refractivity (Wildman–Crippen MR) is 123 cm³/mol. The van der Waals surface area contributed by atoms with Gasteiger partial charge in [-0.3, -0.25) is 0 Å². The Morgan fingerprint density at radius 1 is 0.467 bits per heavy atom. The van der Waals surface area contributed by atoms with Gasteiger partial charge in [0.25, 0.3) is 0 Å². The highest BCUT2D eigenvalue weighted by molar-refractivity contribution is 5.72. The summed E-state index contributed by atoms with van der Waals surface area (Å²) in [4.78, 5) is 0. The van der Waals surface area contributed by atoms with E-state index in [-0.39, 0.29) is 0 Å². The average molecular weight is 396 g/mol. The van der Waals surface area contributed by atoms with Crippen molar-refractivity contribution in [2.24, 2.45) is 0 Å². The quantitative estimate of drug-likeness (QED) is 0.367. The molecule has 4 heteroatoms. The van der Waals surface area contributed by atoms with Crippen LogP contribution in [0.1, 0.15) is 11.1 Å². The summed E-state index contributed by atoms with van der Waals surface area (Å²) in [7, 11) is 0. The molecule has 0 amide bonds. The molecule has 0 bridgehead atoms. The summed E-state index contributed by atoms with van der Waals surface area (Å²) in [5, 5.41) is 0. The van der Waals surface area contributed by atoms with Crippen LogP contribution in [0.4, 0.5) is 11.4 Å². The van der Waals surface area contributed by atoms with Gasteiger partial charge in [-0.1, -0.05) is 12.1 Å². The van der Waals surface area contributed by atoms with E-state index in [9.17, 15) is 0 Å². The molecule has 4 aromatic carbocycles. The summed E-state index contributed by atoms with van der Waals surface area (Å²) in [6, 6.07) is 27.0. The minimum absolute atomic E-state index is 0.716. The third kappa shape index (κ3) is 4.39. The van der Waals surface area contributed by atoms with Crippen LogP contribution in [0, 0.1) is 13.8 Å². The maximum atomic E-state index is 5.94. The maximum Gasteiger partial charge on any atom is 0.127 e. The van der Waals surface area contributed by atoms with Crippen LogP contribution >= 0.6 is 0 Å². The van der Waals surface area contributed by atoms with Gasteiger partial charge in [-0.2, -0.15) is 0 Å². The first-order valence-electron chi connectivity index (χ1n) is 9.76. The highest BCUT2D eigenvalue weighted by Gasteiger charge is 2.09. The van der Waals surface area contributed by atoms with E-state index in [2.05, 4.69) is 26.0 Å². The van der Waals surface area contributed by atoms with Crippen LogP contribution in [0.5, 0.6) is 23.0 Å². The van der Waals surface area contributed by atoms with Crippen LogP contribution < -0.4 is 20.9 Å². The third-order valence-electron chi connectivity index (χ3n) is 4.92. The van der Waals surface area contributed by atoms with Crippen LogP contribution in [0.25, 0.3) is 11.1 Å². The fraction of sp³-hybridized carbons (Fsp3) is 0.0769. The van der Waals surface area contributed by atoms with Crippen LogP contribution in [0.3, 0.4) is 0 Å². The van der Waals surface area contributed by atoms with Crippen molar-refractivity contribution in [2.45, 2.75) is 13.8 Å². The van der Waals surface area contributed by atoms with Gasteiger partial charge in [-0.05, 0) is 109 Å². The smallest absolute Gasteiger partial charge is 0.127 e. The normalized spacial score (nSPS) is 10.6. The Hall–Kier alpha value is -3.92. The Morgan fingerprint density at radius 2 is 0.800 bits per heavy atom. The van der Waals surface area contributed by atoms with Crippen molar-refractivity contribution >= 4 is 11.4 Å². The molecule has 0 aromatic heterocycles. The highest BCUT2D eigenvalue weighted by atomic mass is 16.5. The second-order valence-electron chi connectivity index (χ2n) is 7.30. The summed E-state index contributed by atoms with van der Waals surface area (Å²) >= 11 is 0. The van der Waals surface area contributed by atoms with Crippen molar-refractivity contribution < 1.29 is 9.47 Å². The van der Waals surface area contributed by atoms with Crippen molar-refractivity contribution in [3.63, 3.8) is 0 Å². The first-order valence-corrected chi connectivity index (χ1v) is 9.76. The van der Waals surface area contributed by atoms with Gasteiger partial charge < -0.3 is 20.9 Å². The SMILES string of the molecule is Cc1cc(Oc2ccc(N)cc2)ccc1-c1ccc(Oc2ccc(N)cc2)cc1C. The average Bonchev–Trinajstić information content (AvgIpc) is 2.72. The van der Waals surface area contributed by atoms with Gasteiger partial charge in [0.15, 0.2) is 0 Å². The number of rotatable bonds is 5. The van der Waals surface area contributed by atoms with E-state index in [0.29, 0.717) is 11.4 Å². The second-order valence-corrected chi connectivity index (χ2v) is 7.30. The van der Waals surface area contributed by atoms with Crippen LogP contribution in [-0.4, -0.2) is 0 Å². The van der Waals surface area contributed by atoms with Gasteiger partial charge in [0.05, 0.1) is 0 Å². The van der Waals surface area contributed by atoms with Gasteiger partial charge in [-0.15, -0.1) is 0 Å². The molecule has 0 radical (unpaired) electrons. The largest absolute Gasteiger partial charge is 0.457 e. The first-order chi connectivity index (χ1) is 14.5. The molecule has 4 N–H and O–H groups in total. The topological polar surface area (TPSA) is 70.5 Å². The van der Waals surface area contributed by atoms with Gasteiger partial charge in [0.2, 0.25) is 0 Å².